The molecule has 0 unspecified atom stereocenters. The minimum Gasteiger partial charge on any atom is -0.276 e. The van der Waals surface area contributed by atoms with E-state index in [-0.39, 0.29) is 0 Å². The lowest BCUT2D eigenvalue weighted by molar-refractivity contribution is 1.46. The molecular formula is C7H7I2Mg. The fraction of sp³-hybridized carbons (Fsp3) is 0.143. The van der Waals surface area contributed by atoms with E-state index in [9.17, 15) is 0 Å². The van der Waals surface area contributed by atoms with Gasteiger partial charge >= 0.3 is 12.6 Å². The molecule has 0 bridgehead atoms. The molecule has 0 aromatic heterocycles. The lowest BCUT2D eigenvalue weighted by Crippen LogP contribution is -1.63. The largest absolute Gasteiger partial charge is 0.552 e. The zero-order valence-corrected chi connectivity index (χ0v) is 11.5. The molecule has 0 saturated carbocycles. The molecule has 51 valence electrons. The molecule has 1 rings (SSSR count). The van der Waals surface area contributed by atoms with Crippen LogP contribution in [0.3, 0.4) is 0 Å². The summed E-state index contributed by atoms with van der Waals surface area (Å²) in [6, 6.07) is 10.9. The van der Waals surface area contributed by atoms with Crippen molar-refractivity contribution in [2.45, 2.75) is 6.92 Å². The molecule has 0 N–H and O–H groups in total. The van der Waals surface area contributed by atoms with Crippen molar-refractivity contribution < 1.29 is 0 Å². The highest BCUT2D eigenvalue weighted by molar-refractivity contribution is 14.3. The lowest BCUT2D eigenvalue weighted by atomic mass is 10.2. The minimum absolute atomic E-state index is 0.357. The first kappa shape index (κ1) is 11.4. The van der Waals surface area contributed by atoms with Gasteiger partial charge in [-0.15, -0.1) is 0 Å². The topological polar surface area (TPSA) is 0 Å². The number of rotatable bonds is 0. The second kappa shape index (κ2) is 8.54. The van der Waals surface area contributed by atoms with Crippen molar-refractivity contribution in [3.8, 4) is 0 Å². The van der Waals surface area contributed by atoms with Gasteiger partial charge in [-0.25, -0.2) is 0 Å². The molecule has 0 aliphatic carbocycles. The smallest absolute Gasteiger partial charge is 0.276 e. The van der Waals surface area contributed by atoms with E-state index in [1.165, 1.54) is 5.56 Å². The van der Waals surface area contributed by atoms with Crippen molar-refractivity contribution in [3.63, 3.8) is 0 Å². The highest BCUT2D eigenvalue weighted by atomic mass is 127. The van der Waals surface area contributed by atoms with Gasteiger partial charge in [-0.05, 0) is 18.6 Å². The van der Waals surface area contributed by atoms with E-state index in [1.807, 2.05) is 31.2 Å². The molecule has 0 nitrogen and oxygen atoms in total. The number of hydrogen-bond donors (Lipinski definition) is 0. The fourth-order valence-corrected chi connectivity index (χ4v) is 0.483. The van der Waals surface area contributed by atoms with E-state index in [0.29, 0.717) is 12.6 Å². The van der Waals surface area contributed by atoms with Crippen molar-refractivity contribution in [2.75, 3.05) is 0 Å². The maximum Gasteiger partial charge on any atom is 0.552 e. The van der Waals surface area contributed by atoms with E-state index >= 15 is 0 Å². The molecule has 0 heterocycles. The summed E-state index contributed by atoms with van der Waals surface area (Å²) >= 11 is 5.18. The minimum atomic E-state index is 0.357. The Bertz CT molecular complexity index is 153. The summed E-state index contributed by atoms with van der Waals surface area (Å²) in [5.74, 6) is 0. The normalized spacial score (nSPS) is 7.10. The summed E-state index contributed by atoms with van der Waals surface area (Å²) in [6.07, 6.45) is 0. The van der Waals surface area contributed by atoms with Crippen molar-refractivity contribution in [3.05, 3.63) is 35.9 Å². The average Bonchev–Trinajstić information content (AvgIpc) is 1.91. The highest BCUT2D eigenvalue weighted by Crippen LogP contribution is 1.90. The molecule has 0 aliphatic rings. The summed E-state index contributed by atoms with van der Waals surface area (Å²) in [6.45, 7) is 2.03. The maximum atomic E-state index is 3.03. The average molecular weight is 369 g/mol. The van der Waals surface area contributed by atoms with Gasteiger partial charge in [0.2, 0.25) is 0 Å². The van der Waals surface area contributed by atoms with Gasteiger partial charge in [0.1, 0.15) is 0 Å². The van der Waals surface area contributed by atoms with Crippen molar-refractivity contribution in [1.29, 1.82) is 0 Å². The van der Waals surface area contributed by atoms with E-state index in [1.54, 1.807) is 0 Å². The second-order valence-corrected chi connectivity index (χ2v) is 15.2. The quantitative estimate of drug-likeness (QED) is 0.487. The van der Waals surface area contributed by atoms with Crippen molar-refractivity contribution in [1.82, 2.24) is 0 Å². The van der Waals surface area contributed by atoms with Crippen LogP contribution in [0.5, 0.6) is 0 Å². The van der Waals surface area contributed by atoms with Crippen LogP contribution in [-0.4, -0.2) is 12.6 Å². The van der Waals surface area contributed by atoms with Gasteiger partial charge < -0.3 is 0 Å². The summed E-state index contributed by atoms with van der Waals surface area (Å²) in [5, 5.41) is 0. The molecule has 1 aromatic rings. The van der Waals surface area contributed by atoms with E-state index in [2.05, 4.69) is 43.8 Å². The van der Waals surface area contributed by atoms with Gasteiger partial charge in [-0.2, -0.15) is 0 Å². The Kier molecular flexibility index (Phi) is 9.78. The van der Waals surface area contributed by atoms with Crippen molar-refractivity contribution >= 4 is 50.3 Å². The maximum absolute atomic E-state index is 3.03. The van der Waals surface area contributed by atoms with Crippen LogP contribution >= 0.6 is 37.7 Å². The Morgan fingerprint density at radius 1 is 1.40 bits per heavy atom. The van der Waals surface area contributed by atoms with Crippen LogP contribution in [0.1, 0.15) is 5.56 Å². The highest BCUT2D eigenvalue weighted by Gasteiger charge is 1.73. The van der Waals surface area contributed by atoms with Crippen LogP contribution in [0.2, 0.25) is 0 Å². The van der Waals surface area contributed by atoms with Crippen LogP contribution in [-0.2, 0) is 0 Å². The standard InChI is InChI=1S/C7H7.2HI.Mg/c1-7-5-3-2-4-6-7;;;/h2-5H,1H3;2*1H;/q;;;+2/p-2. The number of benzene rings is 1. The van der Waals surface area contributed by atoms with Gasteiger partial charge in [-0.1, -0.05) is 24.3 Å². The van der Waals surface area contributed by atoms with Crippen LogP contribution in [0, 0.1) is 13.0 Å². The van der Waals surface area contributed by atoms with Gasteiger partial charge in [0, 0.05) is 0 Å². The monoisotopic (exact) mass is 369 g/mol. The van der Waals surface area contributed by atoms with Crippen molar-refractivity contribution in [2.24, 2.45) is 0 Å². The molecule has 0 saturated heterocycles. The zero-order chi connectivity index (χ0) is 7.82. The van der Waals surface area contributed by atoms with Crippen LogP contribution in [0.4, 0.5) is 0 Å². The Balaban J connectivity index is 0.000000236. The van der Waals surface area contributed by atoms with Crippen LogP contribution in [0.25, 0.3) is 0 Å². The number of hydrogen-bond acceptors (Lipinski definition) is 0. The SMILES string of the molecule is Cc1[c]cccc1.[I][Mg][I]. The fourth-order valence-electron chi connectivity index (χ4n) is 0.483. The molecule has 3 heteroatoms. The molecule has 0 aliphatic heterocycles. The molecule has 0 fully saturated rings. The third-order valence-corrected chi connectivity index (χ3v) is 0.865. The third-order valence-electron chi connectivity index (χ3n) is 0.865. The molecule has 0 atom stereocenters. The zero-order valence-electron chi connectivity index (χ0n) is 5.77. The van der Waals surface area contributed by atoms with Gasteiger partial charge in [0.05, 0.1) is 0 Å². The molecule has 10 heavy (non-hydrogen) atoms. The second-order valence-electron chi connectivity index (χ2n) is 1.65. The van der Waals surface area contributed by atoms with Crippen LogP contribution < -0.4 is 0 Å². The van der Waals surface area contributed by atoms with Crippen LogP contribution in [0.15, 0.2) is 24.3 Å². The molecule has 1 aromatic carbocycles. The molecular weight excluding hydrogens is 362 g/mol. The van der Waals surface area contributed by atoms with E-state index in [0.717, 1.165) is 0 Å². The third kappa shape index (κ3) is 7.55. The predicted molar refractivity (Wildman–Crippen MR) is 63.8 cm³/mol. The van der Waals surface area contributed by atoms with E-state index < -0.39 is 0 Å². The number of aryl methyl sites for hydroxylation is 1. The summed E-state index contributed by atoms with van der Waals surface area (Å²) in [4.78, 5) is 0. The summed E-state index contributed by atoms with van der Waals surface area (Å²) in [7, 11) is 0. The first-order chi connectivity index (χ1) is 4.81. The van der Waals surface area contributed by atoms with Gasteiger partial charge in [0.25, 0.3) is 0 Å². The van der Waals surface area contributed by atoms with Gasteiger partial charge in [0.15, 0.2) is 0 Å². The van der Waals surface area contributed by atoms with E-state index in [4.69, 9.17) is 0 Å². The molecule has 0 amide bonds. The number of halogens is 2. The summed E-state index contributed by atoms with van der Waals surface area (Å²) < 4.78 is 0. The Morgan fingerprint density at radius 2 is 2.00 bits per heavy atom. The Labute approximate surface area is 91.6 Å². The Morgan fingerprint density at radius 3 is 2.20 bits per heavy atom. The molecule has 1 radical (unpaired) electrons. The van der Waals surface area contributed by atoms with Gasteiger partial charge in [-0.3, -0.25) is 37.7 Å². The first-order valence-corrected chi connectivity index (χ1v) is 13.1. The molecule has 0 spiro atoms. The lowest BCUT2D eigenvalue weighted by Gasteiger charge is -1.81. The Hall–Kier alpha value is 1.45. The first-order valence-electron chi connectivity index (χ1n) is 2.86. The summed E-state index contributed by atoms with van der Waals surface area (Å²) in [5.41, 5.74) is 1.20. The predicted octanol–water partition coefficient (Wildman–Crippen LogP) is 3.19.